The lowest BCUT2D eigenvalue weighted by Gasteiger charge is -2.18. The first-order valence-corrected chi connectivity index (χ1v) is 4.97. The number of aromatic carboxylic acids is 1. The number of halogens is 1. The largest absolute Gasteiger partial charge is 0.476 e. The molecule has 0 radical (unpaired) electrons. The second-order valence-electron chi connectivity index (χ2n) is 4.11. The van der Waals surface area contributed by atoms with Crippen molar-refractivity contribution in [2.24, 2.45) is 0 Å². The number of nitrogens with one attached hydrogen (secondary N) is 1. The van der Waals surface area contributed by atoms with Gasteiger partial charge in [-0.1, -0.05) is 16.8 Å². The van der Waals surface area contributed by atoms with E-state index in [0.717, 1.165) is 0 Å². The third-order valence-electron chi connectivity index (χ3n) is 1.45. The highest BCUT2D eigenvalue weighted by Gasteiger charge is 2.23. The molecule has 7 nitrogen and oxygen atoms in total. The van der Waals surface area contributed by atoms with Gasteiger partial charge >= 0.3 is 12.1 Å². The van der Waals surface area contributed by atoms with E-state index in [0.29, 0.717) is 0 Å². The SMILES string of the molecule is CC(C)(C)OC(=O)Nc1onc(C(=O)O)c1Cl. The first-order valence-electron chi connectivity index (χ1n) is 4.59. The third-order valence-corrected chi connectivity index (χ3v) is 1.80. The normalized spacial score (nSPS) is 11.1. The van der Waals surface area contributed by atoms with Gasteiger partial charge in [-0.05, 0) is 20.8 Å². The molecule has 1 amide bonds. The quantitative estimate of drug-likeness (QED) is 0.848. The number of aromatic nitrogens is 1. The molecule has 0 fully saturated rings. The van der Waals surface area contributed by atoms with Gasteiger partial charge in [0.05, 0.1) is 0 Å². The lowest BCUT2D eigenvalue weighted by Crippen LogP contribution is -2.27. The summed E-state index contributed by atoms with van der Waals surface area (Å²) in [5.74, 6) is -1.62. The zero-order valence-electron chi connectivity index (χ0n) is 9.41. The van der Waals surface area contributed by atoms with E-state index in [9.17, 15) is 9.59 Å². The molecule has 1 aromatic heterocycles. The van der Waals surface area contributed by atoms with E-state index < -0.39 is 23.4 Å². The Hall–Kier alpha value is -1.76. The molecular formula is C9H11ClN2O5. The molecule has 0 atom stereocenters. The van der Waals surface area contributed by atoms with Crippen LogP contribution in [0.2, 0.25) is 5.02 Å². The first-order chi connectivity index (χ1) is 7.70. The molecule has 1 heterocycles. The van der Waals surface area contributed by atoms with Crippen LogP contribution in [0.1, 0.15) is 31.3 Å². The predicted molar refractivity (Wildman–Crippen MR) is 58.3 cm³/mol. The number of rotatable bonds is 2. The van der Waals surface area contributed by atoms with Gasteiger partial charge in [-0.15, -0.1) is 0 Å². The van der Waals surface area contributed by atoms with Crippen LogP contribution in [0, 0.1) is 0 Å². The smallest absolute Gasteiger partial charge is 0.414 e. The summed E-state index contributed by atoms with van der Waals surface area (Å²) in [6.45, 7) is 5.03. The van der Waals surface area contributed by atoms with Crippen LogP contribution < -0.4 is 5.32 Å². The molecule has 1 rings (SSSR count). The first kappa shape index (κ1) is 13.3. The molecule has 1 aromatic rings. The summed E-state index contributed by atoms with van der Waals surface area (Å²) in [6, 6.07) is 0. The number of hydrogen-bond acceptors (Lipinski definition) is 5. The van der Waals surface area contributed by atoms with Crippen molar-refractivity contribution in [3.05, 3.63) is 10.7 Å². The molecule has 0 aliphatic heterocycles. The maximum absolute atomic E-state index is 11.3. The average Bonchev–Trinajstić information content (AvgIpc) is 2.44. The van der Waals surface area contributed by atoms with Gasteiger partial charge < -0.3 is 14.4 Å². The summed E-state index contributed by atoms with van der Waals surface area (Å²) in [4.78, 5) is 21.9. The fourth-order valence-electron chi connectivity index (χ4n) is 0.886. The summed E-state index contributed by atoms with van der Waals surface area (Å²) in [7, 11) is 0. The Morgan fingerprint density at radius 2 is 2.06 bits per heavy atom. The van der Waals surface area contributed by atoms with Gasteiger partial charge in [0, 0.05) is 0 Å². The molecule has 0 spiro atoms. The third kappa shape index (κ3) is 3.63. The van der Waals surface area contributed by atoms with Crippen molar-refractivity contribution in [1.82, 2.24) is 5.16 Å². The van der Waals surface area contributed by atoms with Gasteiger partial charge in [0.2, 0.25) is 5.69 Å². The number of carboxylic acids is 1. The molecule has 94 valence electrons. The van der Waals surface area contributed by atoms with Crippen LogP contribution in [-0.2, 0) is 4.74 Å². The predicted octanol–water partition coefficient (Wildman–Crippen LogP) is 2.37. The second kappa shape index (κ2) is 4.62. The van der Waals surface area contributed by atoms with Crippen molar-refractivity contribution < 1.29 is 24.0 Å². The lowest BCUT2D eigenvalue weighted by molar-refractivity contribution is 0.0630. The number of carboxylic acid groups (broad SMARTS) is 1. The van der Waals surface area contributed by atoms with Crippen LogP contribution in [0.3, 0.4) is 0 Å². The van der Waals surface area contributed by atoms with Crippen LogP contribution in [-0.4, -0.2) is 27.9 Å². The van der Waals surface area contributed by atoms with Crippen molar-refractivity contribution in [3.8, 4) is 0 Å². The maximum atomic E-state index is 11.3. The highest BCUT2D eigenvalue weighted by Crippen LogP contribution is 2.26. The minimum Gasteiger partial charge on any atom is -0.476 e. The van der Waals surface area contributed by atoms with Crippen molar-refractivity contribution in [3.63, 3.8) is 0 Å². The fraction of sp³-hybridized carbons (Fsp3) is 0.444. The molecule has 0 saturated heterocycles. The monoisotopic (exact) mass is 262 g/mol. The number of amides is 1. The number of anilines is 1. The number of carbonyl (C=O) groups is 2. The molecule has 2 N–H and O–H groups in total. The van der Waals surface area contributed by atoms with Crippen LogP contribution in [0.25, 0.3) is 0 Å². The van der Waals surface area contributed by atoms with Crippen LogP contribution in [0.4, 0.5) is 10.7 Å². The average molecular weight is 263 g/mol. The van der Waals surface area contributed by atoms with Gasteiger partial charge in [0.1, 0.15) is 10.6 Å². The second-order valence-corrected chi connectivity index (χ2v) is 4.48. The molecule has 0 aliphatic carbocycles. The molecule has 0 saturated carbocycles. The Bertz CT molecular complexity index is 449. The van der Waals surface area contributed by atoms with Gasteiger partial charge in [-0.3, -0.25) is 5.32 Å². The Morgan fingerprint density at radius 1 is 1.47 bits per heavy atom. The number of carbonyl (C=O) groups excluding carboxylic acids is 1. The van der Waals surface area contributed by atoms with E-state index in [-0.39, 0.29) is 10.9 Å². The summed E-state index contributed by atoms with van der Waals surface area (Å²) in [6.07, 6.45) is -0.813. The fourth-order valence-corrected chi connectivity index (χ4v) is 1.08. The van der Waals surface area contributed by atoms with E-state index >= 15 is 0 Å². The molecule has 0 aliphatic rings. The van der Waals surface area contributed by atoms with Crippen molar-refractivity contribution in [1.29, 1.82) is 0 Å². The molecule has 8 heteroatoms. The highest BCUT2D eigenvalue weighted by molar-refractivity contribution is 6.35. The number of hydrogen-bond donors (Lipinski definition) is 2. The summed E-state index contributed by atoms with van der Waals surface area (Å²) in [5, 5.41) is 13.7. The van der Waals surface area contributed by atoms with E-state index in [1.807, 2.05) is 0 Å². The van der Waals surface area contributed by atoms with Crippen molar-refractivity contribution >= 4 is 29.5 Å². The Balaban J connectivity index is 2.76. The summed E-state index contributed by atoms with van der Waals surface area (Å²) >= 11 is 5.63. The zero-order chi connectivity index (χ0) is 13.2. The zero-order valence-corrected chi connectivity index (χ0v) is 10.2. The van der Waals surface area contributed by atoms with Gasteiger partial charge in [-0.2, -0.15) is 0 Å². The van der Waals surface area contributed by atoms with E-state index in [4.69, 9.17) is 21.4 Å². The van der Waals surface area contributed by atoms with Gasteiger partial charge in [-0.25, -0.2) is 9.59 Å². The molecule has 0 bridgehead atoms. The van der Waals surface area contributed by atoms with Crippen molar-refractivity contribution in [2.45, 2.75) is 26.4 Å². The Labute approximate surface area is 102 Å². The van der Waals surface area contributed by atoms with Gasteiger partial charge in [0.15, 0.2) is 0 Å². The van der Waals surface area contributed by atoms with Crippen LogP contribution in [0.5, 0.6) is 0 Å². The van der Waals surface area contributed by atoms with E-state index in [1.54, 1.807) is 20.8 Å². The van der Waals surface area contributed by atoms with Crippen LogP contribution >= 0.6 is 11.6 Å². The molecule has 0 unspecified atom stereocenters. The van der Waals surface area contributed by atoms with E-state index in [2.05, 4.69) is 15.0 Å². The van der Waals surface area contributed by atoms with Crippen LogP contribution in [0.15, 0.2) is 4.52 Å². The number of ether oxygens (including phenoxy) is 1. The Kier molecular flexibility index (Phi) is 3.62. The Morgan fingerprint density at radius 3 is 2.47 bits per heavy atom. The minimum atomic E-state index is -1.35. The summed E-state index contributed by atoms with van der Waals surface area (Å²) in [5.41, 5.74) is -1.16. The molecule has 0 aromatic carbocycles. The standard InChI is InChI=1S/C9H11ClN2O5/c1-9(2,3)16-8(15)11-6-4(10)5(7(13)14)12-17-6/h1-3H3,(H,11,15)(H,13,14). The molecular weight excluding hydrogens is 252 g/mol. The number of nitrogens with zero attached hydrogens (tertiary/aromatic N) is 1. The van der Waals surface area contributed by atoms with Gasteiger partial charge in [0.25, 0.3) is 5.88 Å². The van der Waals surface area contributed by atoms with E-state index in [1.165, 1.54) is 0 Å². The lowest BCUT2D eigenvalue weighted by atomic mass is 10.2. The molecule has 17 heavy (non-hydrogen) atoms. The summed E-state index contributed by atoms with van der Waals surface area (Å²) < 4.78 is 9.49. The van der Waals surface area contributed by atoms with Crippen molar-refractivity contribution in [2.75, 3.05) is 5.32 Å². The minimum absolute atomic E-state index is 0.265. The highest BCUT2D eigenvalue weighted by atomic mass is 35.5. The topological polar surface area (TPSA) is 102 Å². The maximum Gasteiger partial charge on any atom is 0.414 e.